The molecule has 19 heavy (non-hydrogen) atoms. The summed E-state index contributed by atoms with van der Waals surface area (Å²) in [5.74, 6) is 0.135. The summed E-state index contributed by atoms with van der Waals surface area (Å²) in [6.45, 7) is 1.98. The summed E-state index contributed by atoms with van der Waals surface area (Å²) in [5.41, 5.74) is -0.939. The van der Waals surface area contributed by atoms with Gasteiger partial charge in [-0.15, -0.1) is 0 Å². The molecule has 1 nitrogen and oxygen atoms in total. The van der Waals surface area contributed by atoms with E-state index in [1.54, 1.807) is 6.07 Å². The Hall–Kier alpha value is -1.03. The van der Waals surface area contributed by atoms with Crippen molar-refractivity contribution in [1.82, 2.24) is 0 Å². The maximum absolute atomic E-state index is 12.7. The molecule has 2 rings (SSSR count). The number of alkyl halides is 3. The smallest absolute Gasteiger partial charge is 0.389 e. The summed E-state index contributed by atoms with van der Waals surface area (Å²) in [4.78, 5) is 0. The van der Waals surface area contributed by atoms with Gasteiger partial charge in [-0.1, -0.05) is 38.0 Å². The van der Waals surface area contributed by atoms with Gasteiger partial charge in [0, 0.05) is 6.42 Å². The third-order valence-electron chi connectivity index (χ3n) is 4.18. The molecular weight excluding hydrogens is 253 g/mol. The average molecular weight is 272 g/mol. The van der Waals surface area contributed by atoms with E-state index < -0.39 is 17.3 Å². The van der Waals surface area contributed by atoms with Crippen LogP contribution in [0, 0.1) is 5.92 Å². The molecule has 0 amide bonds. The monoisotopic (exact) mass is 272 g/mol. The zero-order valence-corrected chi connectivity index (χ0v) is 11.0. The number of rotatable bonds is 2. The van der Waals surface area contributed by atoms with Crippen molar-refractivity contribution in [2.75, 3.05) is 0 Å². The van der Waals surface area contributed by atoms with Crippen LogP contribution in [0.2, 0.25) is 0 Å². The van der Waals surface area contributed by atoms with E-state index >= 15 is 0 Å². The highest BCUT2D eigenvalue weighted by molar-refractivity contribution is 5.27. The molecule has 1 N–H and O–H groups in total. The molecule has 2 unspecified atom stereocenters. The van der Waals surface area contributed by atoms with E-state index in [1.165, 1.54) is 6.07 Å². The first-order valence-electron chi connectivity index (χ1n) is 6.70. The summed E-state index contributed by atoms with van der Waals surface area (Å²) in [7, 11) is 0. The Morgan fingerprint density at radius 1 is 1.32 bits per heavy atom. The molecule has 4 heteroatoms. The van der Waals surface area contributed by atoms with Crippen LogP contribution in [0.1, 0.15) is 43.7 Å². The summed E-state index contributed by atoms with van der Waals surface area (Å²) < 4.78 is 38.0. The van der Waals surface area contributed by atoms with Gasteiger partial charge in [-0.2, -0.15) is 13.2 Å². The molecular formula is C15H19F3O. The second-order valence-corrected chi connectivity index (χ2v) is 5.63. The molecule has 1 aromatic carbocycles. The standard InChI is InChI=1S/C15H19F3O/c1-11-5-2-3-8-14(11,19)10-12-6-4-7-13(9-12)15(16,17)18/h4,6-7,9,11,19H,2-3,5,8,10H2,1H3. The molecule has 1 aliphatic rings. The number of hydrogen-bond acceptors (Lipinski definition) is 1. The lowest BCUT2D eigenvalue weighted by Gasteiger charge is -2.38. The van der Waals surface area contributed by atoms with Gasteiger partial charge < -0.3 is 5.11 Å². The summed E-state index contributed by atoms with van der Waals surface area (Å²) in [6.07, 6.45) is -0.374. The SMILES string of the molecule is CC1CCCCC1(O)Cc1cccc(C(F)(F)F)c1. The van der Waals surface area contributed by atoms with Gasteiger partial charge in [0.2, 0.25) is 0 Å². The van der Waals surface area contributed by atoms with E-state index in [0.717, 1.165) is 31.4 Å². The first-order valence-corrected chi connectivity index (χ1v) is 6.70. The van der Waals surface area contributed by atoms with E-state index in [4.69, 9.17) is 0 Å². The highest BCUT2D eigenvalue weighted by Crippen LogP contribution is 2.37. The Morgan fingerprint density at radius 3 is 2.68 bits per heavy atom. The van der Waals surface area contributed by atoms with Crippen LogP contribution in [-0.4, -0.2) is 10.7 Å². The lowest BCUT2D eigenvalue weighted by atomic mass is 9.73. The highest BCUT2D eigenvalue weighted by Gasteiger charge is 2.37. The lowest BCUT2D eigenvalue weighted by molar-refractivity contribution is -0.137. The van der Waals surface area contributed by atoms with Crippen LogP contribution in [0.3, 0.4) is 0 Å². The van der Waals surface area contributed by atoms with E-state index in [0.29, 0.717) is 18.4 Å². The Labute approximate surface area is 111 Å². The molecule has 1 fully saturated rings. The van der Waals surface area contributed by atoms with Crippen molar-refractivity contribution in [3.8, 4) is 0 Å². The number of halogens is 3. The fraction of sp³-hybridized carbons (Fsp3) is 0.600. The van der Waals surface area contributed by atoms with Gasteiger partial charge in [0.15, 0.2) is 0 Å². The molecule has 1 aliphatic carbocycles. The Morgan fingerprint density at radius 2 is 2.05 bits per heavy atom. The van der Waals surface area contributed by atoms with Crippen LogP contribution in [0.5, 0.6) is 0 Å². The summed E-state index contributed by atoms with van der Waals surface area (Å²) in [5, 5.41) is 10.6. The van der Waals surface area contributed by atoms with Gasteiger partial charge in [-0.3, -0.25) is 0 Å². The fourth-order valence-corrected chi connectivity index (χ4v) is 2.87. The van der Waals surface area contributed by atoms with Gasteiger partial charge in [-0.25, -0.2) is 0 Å². The molecule has 2 atom stereocenters. The van der Waals surface area contributed by atoms with Crippen molar-refractivity contribution in [3.63, 3.8) is 0 Å². The van der Waals surface area contributed by atoms with Gasteiger partial charge in [0.05, 0.1) is 11.2 Å². The van der Waals surface area contributed by atoms with Crippen LogP contribution in [0.4, 0.5) is 13.2 Å². The minimum atomic E-state index is -4.32. The molecule has 0 bridgehead atoms. The Balaban J connectivity index is 2.19. The molecule has 0 saturated heterocycles. The maximum Gasteiger partial charge on any atom is 0.416 e. The third kappa shape index (κ3) is 3.30. The third-order valence-corrected chi connectivity index (χ3v) is 4.18. The molecule has 106 valence electrons. The first-order chi connectivity index (χ1) is 8.81. The topological polar surface area (TPSA) is 20.2 Å². The van der Waals surface area contributed by atoms with Crippen molar-refractivity contribution >= 4 is 0 Å². The highest BCUT2D eigenvalue weighted by atomic mass is 19.4. The lowest BCUT2D eigenvalue weighted by Crippen LogP contribution is -2.41. The van der Waals surface area contributed by atoms with E-state index in [1.807, 2.05) is 6.92 Å². The van der Waals surface area contributed by atoms with Crippen molar-refractivity contribution < 1.29 is 18.3 Å². The van der Waals surface area contributed by atoms with Crippen LogP contribution >= 0.6 is 0 Å². The van der Waals surface area contributed by atoms with Crippen molar-refractivity contribution in [1.29, 1.82) is 0 Å². The quantitative estimate of drug-likeness (QED) is 0.856. The molecule has 0 aliphatic heterocycles. The van der Waals surface area contributed by atoms with Crippen LogP contribution in [0.25, 0.3) is 0 Å². The second kappa shape index (κ2) is 5.16. The minimum Gasteiger partial charge on any atom is -0.389 e. The molecule has 0 radical (unpaired) electrons. The van der Waals surface area contributed by atoms with Crippen LogP contribution in [0.15, 0.2) is 24.3 Å². The van der Waals surface area contributed by atoms with Crippen molar-refractivity contribution in [2.45, 2.75) is 50.8 Å². The first kappa shape index (κ1) is 14.4. The normalized spacial score (nSPS) is 28.4. The molecule has 0 spiro atoms. The number of benzene rings is 1. The van der Waals surface area contributed by atoms with E-state index in [-0.39, 0.29) is 5.92 Å². The van der Waals surface area contributed by atoms with Gasteiger partial charge in [0.1, 0.15) is 0 Å². The zero-order chi connectivity index (χ0) is 14.1. The van der Waals surface area contributed by atoms with Gasteiger partial charge >= 0.3 is 6.18 Å². The summed E-state index contributed by atoms with van der Waals surface area (Å²) in [6, 6.07) is 5.29. The Kier molecular flexibility index (Phi) is 3.90. The van der Waals surface area contributed by atoms with Crippen molar-refractivity contribution in [3.05, 3.63) is 35.4 Å². The molecule has 1 saturated carbocycles. The largest absolute Gasteiger partial charge is 0.416 e. The number of hydrogen-bond donors (Lipinski definition) is 1. The van der Waals surface area contributed by atoms with Gasteiger partial charge in [0.25, 0.3) is 0 Å². The summed E-state index contributed by atoms with van der Waals surface area (Å²) >= 11 is 0. The molecule has 0 heterocycles. The van der Waals surface area contributed by atoms with Gasteiger partial charge in [-0.05, 0) is 30.4 Å². The molecule has 1 aromatic rings. The molecule has 0 aromatic heterocycles. The second-order valence-electron chi connectivity index (χ2n) is 5.63. The minimum absolute atomic E-state index is 0.135. The fourth-order valence-electron chi connectivity index (χ4n) is 2.87. The predicted molar refractivity (Wildman–Crippen MR) is 67.7 cm³/mol. The van der Waals surface area contributed by atoms with E-state index in [9.17, 15) is 18.3 Å². The number of aliphatic hydroxyl groups is 1. The average Bonchev–Trinajstić information content (AvgIpc) is 2.32. The van der Waals surface area contributed by atoms with E-state index in [2.05, 4.69) is 0 Å². The van der Waals surface area contributed by atoms with Crippen LogP contribution in [-0.2, 0) is 12.6 Å². The zero-order valence-electron chi connectivity index (χ0n) is 11.0. The van der Waals surface area contributed by atoms with Crippen molar-refractivity contribution in [2.24, 2.45) is 5.92 Å². The van der Waals surface area contributed by atoms with Crippen LogP contribution < -0.4 is 0 Å². The predicted octanol–water partition coefficient (Wildman–Crippen LogP) is 4.19. The Bertz CT molecular complexity index is 441. The maximum atomic E-state index is 12.7.